The maximum atomic E-state index is 11.9. The third-order valence-corrected chi connectivity index (χ3v) is 5.82. The van der Waals surface area contributed by atoms with Crippen molar-refractivity contribution in [2.75, 3.05) is 10.5 Å². The van der Waals surface area contributed by atoms with Crippen LogP contribution in [0.15, 0.2) is 27.6 Å². The van der Waals surface area contributed by atoms with E-state index in [4.69, 9.17) is 5.14 Å². The number of halogens is 1. The molecule has 0 bridgehead atoms. The molecule has 0 radical (unpaired) electrons. The largest absolute Gasteiger partial charge is 0.283 e. The lowest BCUT2D eigenvalue weighted by atomic mass is 10.0. The molecule has 0 unspecified atom stereocenters. The van der Waals surface area contributed by atoms with E-state index < -0.39 is 20.0 Å². The van der Waals surface area contributed by atoms with Crippen LogP contribution in [0.4, 0.5) is 5.69 Å². The highest BCUT2D eigenvalue weighted by Crippen LogP contribution is 2.26. The lowest BCUT2D eigenvalue weighted by Crippen LogP contribution is -2.26. The summed E-state index contributed by atoms with van der Waals surface area (Å²) in [4.78, 5) is -0.101. The zero-order valence-electron chi connectivity index (χ0n) is 11.3. The molecule has 114 valence electrons. The molecule has 1 aromatic rings. The molecule has 0 aliphatic rings. The fraction of sp³-hybridized carbons (Fsp3) is 0.455. The van der Waals surface area contributed by atoms with E-state index in [9.17, 15) is 16.8 Å². The van der Waals surface area contributed by atoms with Gasteiger partial charge in [-0.1, -0.05) is 20.8 Å². The average Bonchev–Trinajstić information content (AvgIpc) is 2.09. The summed E-state index contributed by atoms with van der Waals surface area (Å²) < 4.78 is 49.0. The van der Waals surface area contributed by atoms with E-state index >= 15 is 0 Å². The van der Waals surface area contributed by atoms with Gasteiger partial charge in [-0.25, -0.2) is 22.0 Å². The van der Waals surface area contributed by atoms with Gasteiger partial charge in [-0.15, -0.1) is 0 Å². The minimum atomic E-state index is -3.85. The van der Waals surface area contributed by atoms with Gasteiger partial charge in [-0.3, -0.25) is 4.72 Å². The first-order valence-corrected chi connectivity index (χ1v) is 9.62. The topological polar surface area (TPSA) is 106 Å². The number of sulfonamides is 2. The first-order valence-electron chi connectivity index (χ1n) is 5.63. The second-order valence-electron chi connectivity index (χ2n) is 5.61. The Morgan fingerprint density at radius 3 is 2.15 bits per heavy atom. The number of benzene rings is 1. The van der Waals surface area contributed by atoms with Gasteiger partial charge in [-0.05, 0) is 39.5 Å². The molecule has 0 aromatic heterocycles. The van der Waals surface area contributed by atoms with Crippen LogP contribution in [-0.4, -0.2) is 22.6 Å². The Balaban J connectivity index is 3.05. The maximum Gasteiger partial charge on any atom is 0.239 e. The fourth-order valence-corrected chi connectivity index (χ4v) is 4.92. The fourth-order valence-electron chi connectivity index (χ4n) is 1.58. The Morgan fingerprint density at radius 2 is 1.75 bits per heavy atom. The van der Waals surface area contributed by atoms with Gasteiger partial charge in [0.1, 0.15) is 0 Å². The normalized spacial score (nSPS) is 13.2. The smallest absolute Gasteiger partial charge is 0.239 e. The van der Waals surface area contributed by atoms with E-state index in [1.165, 1.54) is 18.2 Å². The number of nitrogens with one attached hydrogen (secondary N) is 1. The van der Waals surface area contributed by atoms with Crippen LogP contribution in [0.5, 0.6) is 0 Å². The number of rotatable bonds is 4. The molecule has 0 aliphatic carbocycles. The second-order valence-corrected chi connectivity index (χ2v) is 9.72. The number of hydrogen-bond donors (Lipinski definition) is 2. The molecule has 6 nitrogen and oxygen atoms in total. The Hall–Kier alpha value is -0.640. The zero-order chi connectivity index (χ0) is 15.8. The van der Waals surface area contributed by atoms with Gasteiger partial charge in [0.25, 0.3) is 0 Å². The lowest BCUT2D eigenvalue weighted by molar-refractivity contribution is 0.463. The van der Waals surface area contributed by atoms with Crippen molar-refractivity contribution in [3.05, 3.63) is 22.7 Å². The summed E-state index contributed by atoms with van der Waals surface area (Å²) in [5.74, 6) is -0.0471. The van der Waals surface area contributed by atoms with Crippen molar-refractivity contribution >= 4 is 41.7 Å². The predicted molar refractivity (Wildman–Crippen MR) is 82.4 cm³/mol. The van der Waals surface area contributed by atoms with Crippen molar-refractivity contribution in [1.82, 2.24) is 0 Å². The summed E-state index contributed by atoms with van der Waals surface area (Å²) in [6.45, 7) is 5.44. The zero-order valence-corrected chi connectivity index (χ0v) is 14.6. The minimum absolute atomic E-state index is 0.0471. The molecule has 0 aliphatic heterocycles. The molecular weight excluding hydrogens is 368 g/mol. The maximum absolute atomic E-state index is 11.9. The van der Waals surface area contributed by atoms with Crippen molar-refractivity contribution < 1.29 is 16.8 Å². The van der Waals surface area contributed by atoms with E-state index in [-0.39, 0.29) is 26.2 Å². The standard InChI is InChI=1S/C11H17BrN2O4S2/c1-11(2,3)7-19(15,16)14-8-4-5-10(9(12)6-8)20(13,17)18/h4-6,14H,7H2,1-3H3,(H2,13,17,18). The number of anilines is 1. The second kappa shape index (κ2) is 5.63. The minimum Gasteiger partial charge on any atom is -0.283 e. The molecule has 0 atom stereocenters. The van der Waals surface area contributed by atoms with Crippen LogP contribution in [-0.2, 0) is 20.0 Å². The Kier molecular flexibility index (Phi) is 4.90. The van der Waals surface area contributed by atoms with Crippen LogP contribution >= 0.6 is 15.9 Å². The summed E-state index contributed by atoms with van der Waals surface area (Å²) in [5.41, 5.74) is -0.114. The van der Waals surface area contributed by atoms with E-state index in [2.05, 4.69) is 20.7 Å². The highest BCUT2D eigenvalue weighted by Gasteiger charge is 2.22. The number of primary sulfonamides is 1. The van der Waals surface area contributed by atoms with Crippen molar-refractivity contribution in [2.24, 2.45) is 10.6 Å². The Labute approximate surface area is 128 Å². The third-order valence-electron chi connectivity index (χ3n) is 2.13. The van der Waals surface area contributed by atoms with Crippen LogP contribution in [0.1, 0.15) is 20.8 Å². The molecule has 0 saturated carbocycles. The van der Waals surface area contributed by atoms with Crippen molar-refractivity contribution in [2.45, 2.75) is 25.7 Å². The predicted octanol–water partition coefficient (Wildman–Crippen LogP) is 1.88. The van der Waals surface area contributed by atoms with Crippen molar-refractivity contribution in [3.63, 3.8) is 0 Å². The third kappa shape index (κ3) is 5.39. The average molecular weight is 385 g/mol. The molecule has 1 aromatic carbocycles. The SMILES string of the molecule is CC(C)(C)CS(=O)(=O)Nc1ccc(S(N)(=O)=O)c(Br)c1. The highest BCUT2D eigenvalue weighted by molar-refractivity contribution is 9.10. The molecular formula is C11H17BrN2O4S2. The van der Waals surface area contributed by atoms with Gasteiger partial charge in [0.15, 0.2) is 0 Å². The molecule has 0 spiro atoms. The van der Waals surface area contributed by atoms with Crippen LogP contribution in [0.25, 0.3) is 0 Å². The summed E-state index contributed by atoms with van der Waals surface area (Å²) in [5, 5.41) is 5.02. The molecule has 20 heavy (non-hydrogen) atoms. The Bertz CT molecular complexity index is 706. The van der Waals surface area contributed by atoms with Gasteiger partial charge < -0.3 is 0 Å². The first-order chi connectivity index (χ1) is 8.80. The van der Waals surface area contributed by atoms with E-state index in [0.29, 0.717) is 0 Å². The van der Waals surface area contributed by atoms with E-state index in [1.54, 1.807) is 0 Å². The molecule has 3 N–H and O–H groups in total. The van der Waals surface area contributed by atoms with E-state index in [1.807, 2.05) is 20.8 Å². The first kappa shape index (κ1) is 17.4. The summed E-state index contributed by atoms with van der Waals surface area (Å²) in [6, 6.07) is 3.96. The van der Waals surface area contributed by atoms with Crippen molar-refractivity contribution in [3.8, 4) is 0 Å². The molecule has 0 saturated heterocycles. The van der Waals surface area contributed by atoms with Gasteiger partial charge in [0.2, 0.25) is 20.0 Å². The Morgan fingerprint density at radius 1 is 1.20 bits per heavy atom. The van der Waals surface area contributed by atoms with Gasteiger partial charge in [0, 0.05) is 10.2 Å². The van der Waals surface area contributed by atoms with Crippen LogP contribution in [0.2, 0.25) is 0 Å². The summed E-state index contributed by atoms with van der Waals surface area (Å²) in [7, 11) is -7.36. The molecule has 1 rings (SSSR count). The molecule has 0 heterocycles. The summed E-state index contributed by atoms with van der Waals surface area (Å²) in [6.07, 6.45) is 0. The van der Waals surface area contributed by atoms with Gasteiger partial charge in [-0.2, -0.15) is 0 Å². The lowest BCUT2D eigenvalue weighted by Gasteiger charge is -2.19. The van der Waals surface area contributed by atoms with Crippen LogP contribution in [0, 0.1) is 5.41 Å². The number of hydrogen-bond acceptors (Lipinski definition) is 4. The van der Waals surface area contributed by atoms with E-state index in [0.717, 1.165) is 0 Å². The van der Waals surface area contributed by atoms with Crippen molar-refractivity contribution in [1.29, 1.82) is 0 Å². The molecule has 0 amide bonds. The van der Waals surface area contributed by atoms with Gasteiger partial charge in [0.05, 0.1) is 10.6 Å². The summed E-state index contributed by atoms with van der Waals surface area (Å²) >= 11 is 3.06. The quantitative estimate of drug-likeness (QED) is 0.825. The number of nitrogens with two attached hydrogens (primary N) is 1. The molecule has 0 fully saturated rings. The molecule has 9 heteroatoms. The van der Waals surface area contributed by atoms with Gasteiger partial charge >= 0.3 is 0 Å². The highest BCUT2D eigenvalue weighted by atomic mass is 79.9. The monoisotopic (exact) mass is 384 g/mol. The van der Waals surface area contributed by atoms with Crippen LogP contribution < -0.4 is 9.86 Å². The van der Waals surface area contributed by atoms with Crippen LogP contribution in [0.3, 0.4) is 0 Å².